The monoisotopic (exact) mass is 264 g/mol. The predicted octanol–water partition coefficient (Wildman–Crippen LogP) is 2.42. The minimum Gasteiger partial charge on any atom is -0.377 e. The number of rotatable bonds is 6. The number of nitrogens with one attached hydrogen (secondary N) is 1. The molecule has 1 aliphatic rings. The average Bonchev–Trinajstić information content (AvgIpc) is 2.89. The lowest BCUT2D eigenvalue weighted by Crippen LogP contribution is -2.11. The molecular weight excluding hydrogens is 244 g/mol. The van der Waals surface area contributed by atoms with Gasteiger partial charge >= 0.3 is 0 Å². The largest absolute Gasteiger partial charge is 0.377 e. The van der Waals surface area contributed by atoms with Gasteiger partial charge in [-0.15, -0.1) is 0 Å². The first-order valence-corrected chi connectivity index (χ1v) is 6.70. The Morgan fingerprint density at radius 3 is 3.05 bits per heavy atom. The third kappa shape index (κ3) is 3.75. The maximum Gasteiger partial charge on any atom is 0.272 e. The third-order valence-corrected chi connectivity index (χ3v) is 3.70. The number of benzene rings is 1. The molecule has 1 unspecified atom stereocenters. The molecule has 1 fully saturated rings. The Kier molecular flexibility index (Phi) is 4.87. The lowest BCUT2D eigenvalue weighted by atomic mass is 10.1. The zero-order valence-corrected chi connectivity index (χ0v) is 11.2. The van der Waals surface area contributed by atoms with Crippen LogP contribution in [0.4, 0.5) is 5.69 Å². The Balaban J connectivity index is 1.82. The second kappa shape index (κ2) is 6.63. The van der Waals surface area contributed by atoms with E-state index in [1.807, 2.05) is 6.07 Å². The zero-order valence-electron chi connectivity index (χ0n) is 11.2. The molecule has 1 atom stereocenters. The number of nitro groups is 1. The van der Waals surface area contributed by atoms with E-state index in [9.17, 15) is 10.1 Å². The molecule has 0 aromatic heterocycles. The summed E-state index contributed by atoms with van der Waals surface area (Å²) in [6.45, 7) is 5.13. The van der Waals surface area contributed by atoms with Gasteiger partial charge < -0.3 is 10.1 Å². The second-order valence-electron chi connectivity index (χ2n) is 5.02. The Morgan fingerprint density at radius 1 is 1.53 bits per heavy atom. The molecule has 0 radical (unpaired) electrons. The number of hydrogen-bond acceptors (Lipinski definition) is 4. The van der Waals surface area contributed by atoms with Gasteiger partial charge in [-0.1, -0.05) is 12.1 Å². The van der Waals surface area contributed by atoms with Gasteiger partial charge in [0, 0.05) is 18.2 Å². The molecule has 0 bridgehead atoms. The second-order valence-corrected chi connectivity index (χ2v) is 5.02. The summed E-state index contributed by atoms with van der Waals surface area (Å²) in [6, 6.07) is 5.13. The smallest absolute Gasteiger partial charge is 0.272 e. The summed E-state index contributed by atoms with van der Waals surface area (Å²) >= 11 is 0. The molecule has 19 heavy (non-hydrogen) atoms. The van der Waals surface area contributed by atoms with E-state index in [-0.39, 0.29) is 10.6 Å². The van der Waals surface area contributed by atoms with Crippen molar-refractivity contribution < 1.29 is 9.66 Å². The lowest BCUT2D eigenvalue weighted by molar-refractivity contribution is -0.385. The molecule has 5 heteroatoms. The van der Waals surface area contributed by atoms with Gasteiger partial charge in [0.05, 0.1) is 11.5 Å². The van der Waals surface area contributed by atoms with E-state index in [0.717, 1.165) is 25.1 Å². The van der Waals surface area contributed by atoms with Crippen LogP contribution >= 0.6 is 0 Å². The highest BCUT2D eigenvalue weighted by Crippen LogP contribution is 2.22. The number of hydrogen-bond donors (Lipinski definition) is 1. The van der Waals surface area contributed by atoms with Gasteiger partial charge in [-0.2, -0.15) is 0 Å². The standard InChI is InChI=1S/C14H20N2O3/c1-11-13(3-2-4-14(11)16(17)18)10-19-8-6-12-5-7-15-9-12/h2-4,12,15H,5-10H2,1H3. The molecule has 1 saturated heterocycles. The summed E-state index contributed by atoms with van der Waals surface area (Å²) in [7, 11) is 0. The minimum absolute atomic E-state index is 0.168. The summed E-state index contributed by atoms with van der Waals surface area (Å²) < 4.78 is 5.65. The Labute approximate surface area is 113 Å². The summed E-state index contributed by atoms with van der Waals surface area (Å²) in [5.41, 5.74) is 1.77. The van der Waals surface area contributed by atoms with E-state index in [2.05, 4.69) is 5.32 Å². The van der Waals surface area contributed by atoms with Crippen LogP contribution in [0, 0.1) is 23.0 Å². The van der Waals surface area contributed by atoms with Crippen LogP contribution in [-0.2, 0) is 11.3 Å². The first-order valence-electron chi connectivity index (χ1n) is 6.70. The van der Waals surface area contributed by atoms with E-state index in [4.69, 9.17) is 4.74 Å². The van der Waals surface area contributed by atoms with E-state index in [1.54, 1.807) is 13.0 Å². The van der Waals surface area contributed by atoms with Crippen molar-refractivity contribution in [2.75, 3.05) is 19.7 Å². The van der Waals surface area contributed by atoms with Gasteiger partial charge in [0.2, 0.25) is 0 Å². The highest BCUT2D eigenvalue weighted by Gasteiger charge is 2.15. The van der Waals surface area contributed by atoms with E-state index in [1.165, 1.54) is 12.5 Å². The summed E-state index contributed by atoms with van der Waals surface area (Å²) in [4.78, 5) is 10.5. The number of nitrogens with zero attached hydrogens (tertiary/aromatic N) is 1. The molecule has 0 spiro atoms. The fourth-order valence-electron chi connectivity index (χ4n) is 2.42. The molecule has 1 N–H and O–H groups in total. The van der Waals surface area contributed by atoms with Crippen molar-refractivity contribution in [1.82, 2.24) is 5.32 Å². The molecule has 104 valence electrons. The van der Waals surface area contributed by atoms with Crippen molar-refractivity contribution in [3.8, 4) is 0 Å². The van der Waals surface area contributed by atoms with Crippen molar-refractivity contribution in [1.29, 1.82) is 0 Å². The molecular formula is C14H20N2O3. The molecule has 0 aliphatic carbocycles. The van der Waals surface area contributed by atoms with Crippen LogP contribution in [0.3, 0.4) is 0 Å². The van der Waals surface area contributed by atoms with Crippen LogP contribution in [-0.4, -0.2) is 24.6 Å². The van der Waals surface area contributed by atoms with Gasteiger partial charge in [0.25, 0.3) is 5.69 Å². The maximum atomic E-state index is 10.8. The third-order valence-electron chi connectivity index (χ3n) is 3.70. The van der Waals surface area contributed by atoms with Crippen molar-refractivity contribution in [2.24, 2.45) is 5.92 Å². The molecule has 1 aromatic rings. The van der Waals surface area contributed by atoms with Gasteiger partial charge in [0.1, 0.15) is 0 Å². The van der Waals surface area contributed by atoms with Crippen LogP contribution in [0.15, 0.2) is 18.2 Å². The fourth-order valence-corrected chi connectivity index (χ4v) is 2.42. The van der Waals surface area contributed by atoms with Crippen molar-refractivity contribution in [2.45, 2.75) is 26.4 Å². The highest BCUT2D eigenvalue weighted by molar-refractivity contribution is 5.44. The summed E-state index contributed by atoms with van der Waals surface area (Å²) in [6.07, 6.45) is 2.28. The van der Waals surface area contributed by atoms with Crippen molar-refractivity contribution >= 4 is 5.69 Å². The average molecular weight is 264 g/mol. The van der Waals surface area contributed by atoms with E-state index in [0.29, 0.717) is 24.7 Å². The molecule has 0 saturated carbocycles. The zero-order chi connectivity index (χ0) is 13.7. The van der Waals surface area contributed by atoms with Gasteiger partial charge in [-0.05, 0) is 44.3 Å². The lowest BCUT2D eigenvalue weighted by Gasteiger charge is -2.10. The van der Waals surface area contributed by atoms with E-state index < -0.39 is 0 Å². The van der Waals surface area contributed by atoms with Crippen molar-refractivity contribution in [3.05, 3.63) is 39.4 Å². The number of nitro benzene ring substituents is 1. The SMILES string of the molecule is Cc1c(COCCC2CCNC2)cccc1[N+](=O)[O-]. The van der Waals surface area contributed by atoms with E-state index >= 15 is 0 Å². The Morgan fingerprint density at radius 2 is 2.37 bits per heavy atom. The highest BCUT2D eigenvalue weighted by atomic mass is 16.6. The maximum absolute atomic E-state index is 10.8. The molecule has 2 rings (SSSR count). The minimum atomic E-state index is -0.344. The topological polar surface area (TPSA) is 64.4 Å². The summed E-state index contributed by atoms with van der Waals surface area (Å²) in [5.74, 6) is 0.714. The first-order chi connectivity index (χ1) is 9.18. The van der Waals surface area contributed by atoms with Crippen LogP contribution in [0.2, 0.25) is 0 Å². The molecule has 5 nitrogen and oxygen atoms in total. The Hall–Kier alpha value is -1.46. The van der Waals surface area contributed by atoms with Crippen LogP contribution < -0.4 is 5.32 Å². The van der Waals surface area contributed by atoms with Gasteiger partial charge in [-0.3, -0.25) is 10.1 Å². The molecule has 1 heterocycles. The molecule has 1 aromatic carbocycles. The number of ether oxygens (including phenoxy) is 1. The van der Waals surface area contributed by atoms with Crippen LogP contribution in [0.25, 0.3) is 0 Å². The van der Waals surface area contributed by atoms with Crippen LogP contribution in [0.1, 0.15) is 24.0 Å². The molecule has 0 amide bonds. The normalized spacial score (nSPS) is 18.7. The first kappa shape index (κ1) is 14.0. The molecule has 1 aliphatic heterocycles. The quantitative estimate of drug-likeness (QED) is 0.487. The fraction of sp³-hybridized carbons (Fsp3) is 0.571. The van der Waals surface area contributed by atoms with Crippen LogP contribution in [0.5, 0.6) is 0 Å². The van der Waals surface area contributed by atoms with Gasteiger partial charge in [0.15, 0.2) is 0 Å². The summed E-state index contributed by atoms with van der Waals surface area (Å²) in [5, 5.41) is 14.2. The van der Waals surface area contributed by atoms with Crippen molar-refractivity contribution in [3.63, 3.8) is 0 Å². The Bertz CT molecular complexity index is 442. The van der Waals surface area contributed by atoms with Gasteiger partial charge in [-0.25, -0.2) is 0 Å². The predicted molar refractivity (Wildman–Crippen MR) is 73.1 cm³/mol.